The molecule has 0 aliphatic heterocycles. The Morgan fingerprint density at radius 2 is 0.739 bits per heavy atom. The van der Waals surface area contributed by atoms with Crippen molar-refractivity contribution in [2.75, 3.05) is 6.61 Å². The van der Waals surface area contributed by atoms with Gasteiger partial charge in [-0.2, -0.15) is 0 Å². The van der Waals surface area contributed by atoms with E-state index in [4.69, 9.17) is 0 Å². The molecule has 0 saturated carbocycles. The molecule has 1 amide bonds. The third-order valence-electron chi connectivity index (χ3n) is 9.96. The van der Waals surface area contributed by atoms with Crippen molar-refractivity contribution in [1.29, 1.82) is 0 Å². The molecule has 0 aliphatic rings. The lowest BCUT2D eigenvalue weighted by Gasteiger charge is -2.26. The van der Waals surface area contributed by atoms with Gasteiger partial charge < -0.3 is 20.6 Å². The van der Waals surface area contributed by atoms with Crippen LogP contribution >= 0.6 is 0 Å². The van der Waals surface area contributed by atoms with Crippen LogP contribution in [0.5, 0.6) is 0 Å². The zero-order chi connectivity index (χ0) is 33.8. The van der Waals surface area contributed by atoms with Crippen LogP contribution in [-0.4, -0.2) is 46.1 Å². The molecule has 276 valence electrons. The number of aliphatic hydroxyl groups excluding tert-OH is 3. The van der Waals surface area contributed by atoms with E-state index in [1.807, 2.05) is 0 Å². The van der Waals surface area contributed by atoms with E-state index >= 15 is 0 Å². The Bertz CT molecular complexity index is 601. The van der Waals surface area contributed by atoms with E-state index in [1.54, 1.807) is 0 Å². The molecule has 0 rings (SSSR count). The quantitative estimate of drug-likeness (QED) is 0.0499. The van der Waals surface area contributed by atoms with Crippen LogP contribution in [0.2, 0.25) is 0 Å². The standard InChI is InChI=1S/C41H83NO4/c1-3-5-7-9-11-13-15-16-17-18-19-20-21-22-23-24-26-28-30-32-34-36-40(45)42-38(37-43)41(46)39(44)35-33-31-29-27-25-14-12-10-8-6-4-2/h38-39,41,43-44,46H,3-37H2,1-2H3,(H,42,45). The van der Waals surface area contributed by atoms with Gasteiger partial charge in [0.1, 0.15) is 6.10 Å². The Kier molecular flexibility index (Phi) is 36.6. The first-order valence-corrected chi connectivity index (χ1v) is 20.8. The van der Waals surface area contributed by atoms with Crippen LogP contribution in [0.25, 0.3) is 0 Å². The second-order valence-corrected chi connectivity index (χ2v) is 14.6. The number of rotatable bonds is 38. The Morgan fingerprint density at radius 3 is 1.04 bits per heavy atom. The second-order valence-electron chi connectivity index (χ2n) is 14.6. The summed E-state index contributed by atoms with van der Waals surface area (Å²) in [5, 5.41) is 33.4. The number of aliphatic hydroxyl groups is 3. The lowest BCUT2D eigenvalue weighted by molar-refractivity contribution is -0.124. The summed E-state index contributed by atoms with van der Waals surface area (Å²) in [5.74, 6) is -0.141. The fourth-order valence-electron chi connectivity index (χ4n) is 6.69. The topological polar surface area (TPSA) is 89.8 Å². The maximum absolute atomic E-state index is 12.4. The van der Waals surface area contributed by atoms with Gasteiger partial charge in [-0.15, -0.1) is 0 Å². The van der Waals surface area contributed by atoms with Crippen molar-refractivity contribution in [3.8, 4) is 0 Å². The summed E-state index contributed by atoms with van der Waals surface area (Å²) in [6, 6.07) is -0.801. The summed E-state index contributed by atoms with van der Waals surface area (Å²) in [7, 11) is 0. The largest absolute Gasteiger partial charge is 0.394 e. The van der Waals surface area contributed by atoms with Crippen LogP contribution in [0, 0.1) is 0 Å². The van der Waals surface area contributed by atoms with E-state index in [1.165, 1.54) is 167 Å². The van der Waals surface area contributed by atoms with E-state index in [-0.39, 0.29) is 12.5 Å². The highest BCUT2D eigenvalue weighted by atomic mass is 16.3. The number of carbonyl (C=O) groups is 1. The van der Waals surface area contributed by atoms with Crippen molar-refractivity contribution in [3.63, 3.8) is 0 Å². The Labute approximate surface area is 287 Å². The summed E-state index contributed by atoms with van der Waals surface area (Å²) < 4.78 is 0. The highest BCUT2D eigenvalue weighted by molar-refractivity contribution is 5.76. The molecule has 3 atom stereocenters. The normalized spacial score (nSPS) is 13.6. The smallest absolute Gasteiger partial charge is 0.220 e. The van der Waals surface area contributed by atoms with Crippen LogP contribution in [0.4, 0.5) is 0 Å². The van der Waals surface area contributed by atoms with Crippen molar-refractivity contribution in [2.45, 2.75) is 250 Å². The fraction of sp³-hybridized carbons (Fsp3) is 0.976. The molecule has 0 aliphatic carbocycles. The molecule has 0 fully saturated rings. The van der Waals surface area contributed by atoms with Crippen LogP contribution in [0.3, 0.4) is 0 Å². The van der Waals surface area contributed by atoms with Gasteiger partial charge in [0.25, 0.3) is 0 Å². The number of unbranched alkanes of at least 4 members (excludes halogenated alkanes) is 30. The zero-order valence-electron chi connectivity index (χ0n) is 31.2. The molecule has 5 heteroatoms. The van der Waals surface area contributed by atoms with Gasteiger partial charge in [0.15, 0.2) is 0 Å². The molecule has 0 aromatic heterocycles. The van der Waals surface area contributed by atoms with Gasteiger partial charge >= 0.3 is 0 Å². The number of hydrogen-bond donors (Lipinski definition) is 4. The van der Waals surface area contributed by atoms with E-state index in [0.29, 0.717) is 12.8 Å². The maximum atomic E-state index is 12.4. The minimum Gasteiger partial charge on any atom is -0.394 e. The van der Waals surface area contributed by atoms with Crippen LogP contribution in [0.15, 0.2) is 0 Å². The predicted molar refractivity (Wildman–Crippen MR) is 199 cm³/mol. The van der Waals surface area contributed by atoms with E-state index in [2.05, 4.69) is 19.2 Å². The molecule has 3 unspecified atom stereocenters. The first kappa shape index (κ1) is 45.3. The zero-order valence-corrected chi connectivity index (χ0v) is 31.2. The van der Waals surface area contributed by atoms with Crippen molar-refractivity contribution >= 4 is 5.91 Å². The van der Waals surface area contributed by atoms with Gasteiger partial charge in [-0.3, -0.25) is 4.79 Å². The maximum Gasteiger partial charge on any atom is 0.220 e. The summed E-state index contributed by atoms with van der Waals surface area (Å²) in [6.07, 6.45) is 40.6. The third kappa shape index (κ3) is 31.9. The molecule has 0 aromatic carbocycles. The molecule has 0 saturated heterocycles. The summed E-state index contributed by atoms with van der Waals surface area (Å²) in [5.41, 5.74) is 0. The predicted octanol–water partition coefficient (Wildman–Crippen LogP) is 11.5. The van der Waals surface area contributed by atoms with Gasteiger partial charge in [-0.25, -0.2) is 0 Å². The molecule has 0 bridgehead atoms. The molecule has 0 aromatic rings. The molecule has 4 N–H and O–H groups in total. The average Bonchev–Trinajstić information content (AvgIpc) is 3.06. The molecular formula is C41H83NO4. The number of nitrogens with one attached hydrogen (secondary N) is 1. The van der Waals surface area contributed by atoms with Gasteiger partial charge in [0.2, 0.25) is 5.91 Å². The first-order valence-electron chi connectivity index (χ1n) is 20.8. The van der Waals surface area contributed by atoms with Crippen molar-refractivity contribution in [1.82, 2.24) is 5.32 Å². The van der Waals surface area contributed by atoms with Gasteiger partial charge in [0, 0.05) is 6.42 Å². The minimum absolute atomic E-state index is 0.141. The van der Waals surface area contributed by atoms with Gasteiger partial charge in [-0.05, 0) is 12.8 Å². The molecule has 0 heterocycles. The molecule has 0 spiro atoms. The Hall–Kier alpha value is -0.650. The highest BCUT2D eigenvalue weighted by Crippen LogP contribution is 2.17. The highest BCUT2D eigenvalue weighted by Gasteiger charge is 2.26. The molecule has 5 nitrogen and oxygen atoms in total. The average molecular weight is 654 g/mol. The number of hydrogen-bond acceptors (Lipinski definition) is 4. The summed E-state index contributed by atoms with van der Waals surface area (Å²) >= 11 is 0. The first-order chi connectivity index (χ1) is 22.6. The van der Waals surface area contributed by atoms with Crippen LogP contribution in [0.1, 0.15) is 232 Å². The van der Waals surface area contributed by atoms with E-state index in [0.717, 1.165) is 38.5 Å². The SMILES string of the molecule is CCCCCCCCCCCCCCCCCCCCCCCC(=O)NC(CO)C(O)C(O)CCCCCCCCCCCCC. The fourth-order valence-corrected chi connectivity index (χ4v) is 6.69. The van der Waals surface area contributed by atoms with E-state index < -0.39 is 18.2 Å². The van der Waals surface area contributed by atoms with Crippen LogP contribution in [-0.2, 0) is 4.79 Å². The third-order valence-corrected chi connectivity index (χ3v) is 9.96. The number of amides is 1. The molecule has 46 heavy (non-hydrogen) atoms. The van der Waals surface area contributed by atoms with Crippen molar-refractivity contribution in [3.05, 3.63) is 0 Å². The van der Waals surface area contributed by atoms with Crippen molar-refractivity contribution in [2.24, 2.45) is 0 Å². The monoisotopic (exact) mass is 654 g/mol. The molecule has 0 radical (unpaired) electrons. The summed E-state index contributed by atoms with van der Waals surface area (Å²) in [6.45, 7) is 4.18. The van der Waals surface area contributed by atoms with Crippen LogP contribution < -0.4 is 5.32 Å². The van der Waals surface area contributed by atoms with Gasteiger partial charge in [-0.1, -0.05) is 213 Å². The summed E-state index contributed by atoms with van der Waals surface area (Å²) in [4.78, 5) is 12.4. The number of carbonyl (C=O) groups excluding carboxylic acids is 1. The lowest BCUT2D eigenvalue weighted by atomic mass is 9.99. The Morgan fingerprint density at radius 1 is 0.457 bits per heavy atom. The second kappa shape index (κ2) is 37.2. The minimum atomic E-state index is -1.13. The molecular weight excluding hydrogens is 570 g/mol. The van der Waals surface area contributed by atoms with Gasteiger partial charge in [0.05, 0.1) is 18.8 Å². The lowest BCUT2D eigenvalue weighted by Crippen LogP contribution is -2.50. The van der Waals surface area contributed by atoms with E-state index in [9.17, 15) is 20.1 Å². The Balaban J connectivity index is 3.56. The van der Waals surface area contributed by atoms with Crippen molar-refractivity contribution < 1.29 is 20.1 Å².